The molecular formula is C11H17N3O5S. The Morgan fingerprint density at radius 1 is 1.45 bits per heavy atom. The molecule has 1 aromatic heterocycles. The lowest BCUT2D eigenvalue weighted by atomic mass is 10.00. The Kier molecular flexibility index (Phi) is 4.11. The average molecular weight is 303 g/mol. The van der Waals surface area contributed by atoms with Crippen LogP contribution in [0.25, 0.3) is 0 Å². The van der Waals surface area contributed by atoms with E-state index in [1.807, 2.05) is 0 Å². The largest absolute Gasteiger partial charge is 0.478 e. The van der Waals surface area contributed by atoms with Crippen LogP contribution in [0.2, 0.25) is 0 Å². The number of aliphatic hydroxyl groups is 1. The summed E-state index contributed by atoms with van der Waals surface area (Å²) in [4.78, 5) is 11.2. The molecule has 0 aliphatic carbocycles. The quantitative estimate of drug-likeness (QED) is 0.708. The number of carboxylic acid groups (broad SMARTS) is 1. The summed E-state index contributed by atoms with van der Waals surface area (Å²) in [6.45, 7) is 2.03. The second kappa shape index (κ2) is 5.51. The van der Waals surface area contributed by atoms with Crippen molar-refractivity contribution in [2.45, 2.75) is 24.8 Å². The first-order valence-corrected chi connectivity index (χ1v) is 7.71. The smallest absolute Gasteiger partial charge is 0.340 e. The van der Waals surface area contributed by atoms with E-state index in [4.69, 9.17) is 10.2 Å². The van der Waals surface area contributed by atoms with Gasteiger partial charge >= 0.3 is 5.97 Å². The molecule has 2 rings (SSSR count). The Hall–Kier alpha value is -1.45. The summed E-state index contributed by atoms with van der Waals surface area (Å²) < 4.78 is 26.1. The summed E-state index contributed by atoms with van der Waals surface area (Å²) in [5.74, 6) is -1.22. The van der Waals surface area contributed by atoms with Gasteiger partial charge in [0.1, 0.15) is 5.56 Å². The minimum absolute atomic E-state index is 0.0375. The zero-order valence-corrected chi connectivity index (χ0v) is 11.9. The highest BCUT2D eigenvalue weighted by atomic mass is 32.2. The van der Waals surface area contributed by atoms with Crippen molar-refractivity contribution in [3.63, 3.8) is 0 Å². The summed E-state index contributed by atoms with van der Waals surface area (Å²) in [6, 6.07) is 0. The number of aryl methyl sites for hydroxylation is 1. The Morgan fingerprint density at radius 2 is 2.05 bits per heavy atom. The number of carbonyl (C=O) groups is 1. The van der Waals surface area contributed by atoms with Crippen LogP contribution in [0.3, 0.4) is 0 Å². The molecule has 0 aromatic carbocycles. The number of aliphatic hydroxyl groups excluding tert-OH is 1. The van der Waals surface area contributed by atoms with Crippen molar-refractivity contribution >= 4 is 16.0 Å². The van der Waals surface area contributed by atoms with Crippen LogP contribution in [0, 0.1) is 12.8 Å². The van der Waals surface area contributed by atoms with Crippen LogP contribution in [0.4, 0.5) is 0 Å². The molecule has 1 aliphatic heterocycles. The molecule has 0 bridgehead atoms. The zero-order valence-electron chi connectivity index (χ0n) is 11.0. The summed E-state index contributed by atoms with van der Waals surface area (Å²) in [5, 5.41) is 23.8. The highest BCUT2D eigenvalue weighted by Gasteiger charge is 2.35. The lowest BCUT2D eigenvalue weighted by molar-refractivity contribution is 0.0691. The number of nitrogens with one attached hydrogen (secondary N) is 1. The second-order valence-corrected chi connectivity index (χ2v) is 6.72. The first-order chi connectivity index (χ1) is 9.37. The monoisotopic (exact) mass is 303 g/mol. The van der Waals surface area contributed by atoms with Crippen molar-refractivity contribution in [1.29, 1.82) is 0 Å². The number of piperidine rings is 1. The normalized spacial score (nSPS) is 18.3. The van der Waals surface area contributed by atoms with E-state index in [2.05, 4.69) is 10.2 Å². The standard InChI is InChI=1S/C11H17N3O5S/c1-7-9(11(16)17)10(13-12-7)20(18,19)14-4-2-8(6-15)3-5-14/h8,15H,2-6H2,1H3,(H,12,13)(H,16,17). The fourth-order valence-electron chi connectivity index (χ4n) is 2.30. The Balaban J connectivity index is 2.30. The van der Waals surface area contributed by atoms with Crippen molar-refractivity contribution < 1.29 is 23.4 Å². The van der Waals surface area contributed by atoms with Gasteiger partial charge in [-0.1, -0.05) is 0 Å². The maximum atomic E-state index is 12.4. The van der Waals surface area contributed by atoms with Crippen LogP contribution in [-0.2, 0) is 10.0 Å². The number of aromatic carboxylic acids is 1. The topological polar surface area (TPSA) is 124 Å². The first kappa shape index (κ1) is 14.9. The Bertz CT molecular complexity index is 602. The predicted molar refractivity (Wildman–Crippen MR) is 68.9 cm³/mol. The molecule has 0 radical (unpaired) electrons. The number of carboxylic acids is 1. The molecule has 1 saturated heterocycles. The summed E-state index contributed by atoms with van der Waals surface area (Å²) >= 11 is 0. The molecule has 0 unspecified atom stereocenters. The lowest BCUT2D eigenvalue weighted by Crippen LogP contribution is -2.39. The van der Waals surface area contributed by atoms with Crippen LogP contribution in [0.1, 0.15) is 28.9 Å². The van der Waals surface area contributed by atoms with Gasteiger partial charge in [0.05, 0.1) is 0 Å². The second-order valence-electron chi connectivity index (χ2n) is 4.86. The van der Waals surface area contributed by atoms with Gasteiger partial charge in [0.2, 0.25) is 5.03 Å². The van der Waals surface area contributed by atoms with E-state index in [0.717, 1.165) is 0 Å². The van der Waals surface area contributed by atoms with Gasteiger partial charge in [-0.3, -0.25) is 5.10 Å². The summed E-state index contributed by atoms with van der Waals surface area (Å²) in [7, 11) is -3.92. The third-order valence-electron chi connectivity index (χ3n) is 3.54. The van der Waals surface area contributed by atoms with Gasteiger partial charge in [-0.2, -0.15) is 9.40 Å². The van der Waals surface area contributed by atoms with Crippen LogP contribution in [-0.4, -0.2) is 58.8 Å². The van der Waals surface area contributed by atoms with Crippen LogP contribution >= 0.6 is 0 Å². The van der Waals surface area contributed by atoms with E-state index in [-0.39, 0.29) is 36.9 Å². The van der Waals surface area contributed by atoms with Crippen molar-refractivity contribution in [3.05, 3.63) is 11.3 Å². The Labute approximate surface area is 116 Å². The van der Waals surface area contributed by atoms with Crippen LogP contribution in [0.5, 0.6) is 0 Å². The van der Waals surface area contributed by atoms with Crippen molar-refractivity contribution in [2.75, 3.05) is 19.7 Å². The number of sulfonamides is 1. The molecule has 0 atom stereocenters. The molecule has 9 heteroatoms. The predicted octanol–water partition coefficient (Wildman–Crippen LogP) is -0.191. The number of hydrogen-bond acceptors (Lipinski definition) is 5. The third kappa shape index (κ3) is 2.56. The van der Waals surface area contributed by atoms with E-state index in [1.54, 1.807) is 0 Å². The molecule has 0 saturated carbocycles. The molecular weight excluding hydrogens is 286 g/mol. The highest BCUT2D eigenvalue weighted by molar-refractivity contribution is 7.89. The molecule has 3 N–H and O–H groups in total. The molecule has 2 heterocycles. The first-order valence-electron chi connectivity index (χ1n) is 6.27. The van der Waals surface area contributed by atoms with Gasteiger partial charge < -0.3 is 10.2 Å². The molecule has 1 aromatic rings. The van der Waals surface area contributed by atoms with Crippen molar-refractivity contribution in [3.8, 4) is 0 Å². The fraction of sp³-hybridized carbons (Fsp3) is 0.636. The Morgan fingerprint density at radius 3 is 2.55 bits per heavy atom. The van der Waals surface area contributed by atoms with Crippen molar-refractivity contribution in [1.82, 2.24) is 14.5 Å². The lowest BCUT2D eigenvalue weighted by Gasteiger charge is -2.29. The summed E-state index contributed by atoms with van der Waals surface area (Å²) in [6.07, 6.45) is 1.11. The SMILES string of the molecule is Cc1[nH]nc(S(=O)(=O)N2CCC(CO)CC2)c1C(=O)O. The number of aromatic nitrogens is 2. The van der Waals surface area contributed by atoms with E-state index in [9.17, 15) is 13.2 Å². The fourth-order valence-corrected chi connectivity index (χ4v) is 3.90. The van der Waals surface area contributed by atoms with E-state index in [0.29, 0.717) is 12.8 Å². The third-order valence-corrected chi connectivity index (χ3v) is 5.37. The number of H-pyrrole nitrogens is 1. The van der Waals surface area contributed by atoms with Gasteiger partial charge in [0.25, 0.3) is 10.0 Å². The molecule has 112 valence electrons. The molecule has 1 fully saturated rings. The van der Waals surface area contributed by atoms with Gasteiger partial charge in [-0.05, 0) is 25.7 Å². The maximum Gasteiger partial charge on any atom is 0.340 e. The number of nitrogens with zero attached hydrogens (tertiary/aromatic N) is 2. The van der Waals surface area contributed by atoms with Gasteiger partial charge in [0, 0.05) is 25.4 Å². The molecule has 0 amide bonds. The van der Waals surface area contributed by atoms with E-state index < -0.39 is 21.0 Å². The van der Waals surface area contributed by atoms with Gasteiger partial charge in [-0.15, -0.1) is 0 Å². The van der Waals surface area contributed by atoms with E-state index in [1.165, 1.54) is 11.2 Å². The minimum Gasteiger partial charge on any atom is -0.478 e. The molecule has 8 nitrogen and oxygen atoms in total. The van der Waals surface area contributed by atoms with Gasteiger partial charge in [-0.25, -0.2) is 13.2 Å². The molecule has 20 heavy (non-hydrogen) atoms. The van der Waals surface area contributed by atoms with E-state index >= 15 is 0 Å². The number of rotatable bonds is 4. The average Bonchev–Trinajstić information content (AvgIpc) is 2.81. The number of hydrogen-bond donors (Lipinski definition) is 3. The number of aromatic amines is 1. The van der Waals surface area contributed by atoms with Crippen LogP contribution < -0.4 is 0 Å². The molecule has 0 spiro atoms. The molecule has 1 aliphatic rings. The minimum atomic E-state index is -3.92. The van der Waals surface area contributed by atoms with Gasteiger partial charge in [0.15, 0.2) is 0 Å². The van der Waals surface area contributed by atoms with Crippen molar-refractivity contribution in [2.24, 2.45) is 5.92 Å². The summed E-state index contributed by atoms with van der Waals surface area (Å²) in [5.41, 5.74) is -0.101. The maximum absolute atomic E-state index is 12.4. The van der Waals surface area contributed by atoms with Crippen LogP contribution in [0.15, 0.2) is 5.03 Å². The zero-order chi connectivity index (χ0) is 14.9. The highest BCUT2D eigenvalue weighted by Crippen LogP contribution is 2.25.